The Morgan fingerprint density at radius 1 is 1.04 bits per heavy atom. The Labute approximate surface area is 152 Å². The molecule has 2 heterocycles. The zero-order valence-electron chi connectivity index (χ0n) is 14.7. The van der Waals surface area contributed by atoms with Crippen LogP contribution in [0.15, 0.2) is 67.0 Å². The molecule has 3 N–H and O–H groups in total. The number of anilines is 3. The van der Waals surface area contributed by atoms with Crippen LogP contribution in [-0.2, 0) is 6.42 Å². The van der Waals surface area contributed by atoms with Crippen molar-refractivity contribution in [2.24, 2.45) is 0 Å². The predicted octanol–water partition coefficient (Wildman–Crippen LogP) is 4.66. The van der Waals surface area contributed by atoms with Crippen LogP contribution in [-0.4, -0.2) is 21.5 Å². The van der Waals surface area contributed by atoms with Crippen molar-refractivity contribution in [3.05, 3.63) is 78.1 Å². The molecule has 0 saturated carbocycles. The maximum absolute atomic E-state index is 4.54. The van der Waals surface area contributed by atoms with E-state index in [2.05, 4.69) is 69.0 Å². The number of aromatic nitrogens is 3. The summed E-state index contributed by atoms with van der Waals surface area (Å²) in [5, 5.41) is 7.90. The molecule has 0 fully saturated rings. The lowest BCUT2D eigenvalue weighted by molar-refractivity contribution is 1.01. The fourth-order valence-corrected chi connectivity index (χ4v) is 3.03. The van der Waals surface area contributed by atoms with E-state index in [0.717, 1.165) is 24.5 Å². The number of hydrogen-bond acceptors (Lipinski definition) is 4. The number of rotatable bonds is 6. The van der Waals surface area contributed by atoms with Gasteiger partial charge >= 0.3 is 0 Å². The predicted molar refractivity (Wildman–Crippen MR) is 107 cm³/mol. The van der Waals surface area contributed by atoms with Gasteiger partial charge in [-0.2, -0.15) is 4.98 Å². The molecule has 5 nitrogen and oxygen atoms in total. The van der Waals surface area contributed by atoms with E-state index in [4.69, 9.17) is 0 Å². The van der Waals surface area contributed by atoms with Gasteiger partial charge in [0.1, 0.15) is 5.82 Å². The monoisotopic (exact) mass is 343 g/mol. The minimum absolute atomic E-state index is 0.590. The lowest BCUT2D eigenvalue weighted by Gasteiger charge is -2.08. The van der Waals surface area contributed by atoms with E-state index in [1.807, 2.05) is 24.3 Å². The molecule has 5 heteroatoms. The Morgan fingerprint density at radius 2 is 1.96 bits per heavy atom. The number of nitrogens with zero attached hydrogens (tertiary/aromatic N) is 2. The summed E-state index contributed by atoms with van der Waals surface area (Å²) in [6, 6.07) is 18.4. The van der Waals surface area contributed by atoms with Crippen LogP contribution in [0.2, 0.25) is 0 Å². The highest BCUT2D eigenvalue weighted by molar-refractivity contribution is 5.83. The van der Waals surface area contributed by atoms with Crippen molar-refractivity contribution in [3.8, 4) is 0 Å². The van der Waals surface area contributed by atoms with Crippen molar-refractivity contribution in [3.63, 3.8) is 0 Å². The SMILES string of the molecule is Cc1cccc(Nc2nccc(NCCc3c[nH]c4ccccc34)n2)c1. The highest BCUT2D eigenvalue weighted by Gasteiger charge is 2.04. The molecule has 0 spiro atoms. The first-order valence-corrected chi connectivity index (χ1v) is 8.73. The molecule has 0 unspecified atom stereocenters. The molecular formula is C21H21N5. The van der Waals surface area contributed by atoms with Crippen molar-refractivity contribution in [2.45, 2.75) is 13.3 Å². The van der Waals surface area contributed by atoms with Crippen LogP contribution >= 0.6 is 0 Å². The second kappa shape index (κ2) is 7.27. The average molecular weight is 343 g/mol. The summed E-state index contributed by atoms with van der Waals surface area (Å²) in [7, 11) is 0. The van der Waals surface area contributed by atoms with Crippen molar-refractivity contribution in [1.29, 1.82) is 0 Å². The third-order valence-corrected chi connectivity index (χ3v) is 4.31. The molecule has 0 amide bonds. The number of aromatic amines is 1. The van der Waals surface area contributed by atoms with Crippen molar-refractivity contribution in [2.75, 3.05) is 17.2 Å². The molecule has 0 saturated heterocycles. The van der Waals surface area contributed by atoms with Gasteiger partial charge in [-0.3, -0.25) is 0 Å². The number of fused-ring (bicyclic) bond motifs is 1. The molecule has 2 aromatic carbocycles. The molecular weight excluding hydrogens is 322 g/mol. The zero-order chi connectivity index (χ0) is 17.8. The van der Waals surface area contributed by atoms with Gasteiger partial charge in [-0.1, -0.05) is 30.3 Å². The third kappa shape index (κ3) is 3.67. The Balaban J connectivity index is 1.39. The van der Waals surface area contributed by atoms with Crippen LogP contribution < -0.4 is 10.6 Å². The largest absolute Gasteiger partial charge is 0.370 e. The second-order valence-electron chi connectivity index (χ2n) is 6.30. The molecule has 0 aliphatic heterocycles. The summed E-state index contributed by atoms with van der Waals surface area (Å²) in [5.74, 6) is 1.41. The lowest BCUT2D eigenvalue weighted by Crippen LogP contribution is -2.07. The van der Waals surface area contributed by atoms with Gasteiger partial charge in [0.2, 0.25) is 5.95 Å². The number of benzene rings is 2. The van der Waals surface area contributed by atoms with E-state index in [1.54, 1.807) is 6.20 Å². The molecule has 26 heavy (non-hydrogen) atoms. The maximum Gasteiger partial charge on any atom is 0.229 e. The van der Waals surface area contributed by atoms with Gasteiger partial charge in [-0.15, -0.1) is 0 Å². The van der Waals surface area contributed by atoms with Gasteiger partial charge < -0.3 is 15.6 Å². The standard InChI is InChI=1S/C21H21N5/c1-15-5-4-6-17(13-15)25-21-23-12-10-20(26-21)22-11-9-16-14-24-19-8-3-2-7-18(16)19/h2-8,10,12-14,24H,9,11H2,1H3,(H2,22,23,25,26). The van der Waals surface area contributed by atoms with Gasteiger partial charge in [-0.25, -0.2) is 4.98 Å². The fraction of sp³-hybridized carbons (Fsp3) is 0.143. The topological polar surface area (TPSA) is 65.6 Å². The summed E-state index contributed by atoms with van der Waals surface area (Å²) in [5.41, 5.74) is 4.67. The number of nitrogens with one attached hydrogen (secondary N) is 3. The van der Waals surface area contributed by atoms with E-state index in [1.165, 1.54) is 22.0 Å². The highest BCUT2D eigenvalue weighted by atomic mass is 15.1. The van der Waals surface area contributed by atoms with E-state index in [0.29, 0.717) is 5.95 Å². The molecule has 0 bridgehead atoms. The summed E-state index contributed by atoms with van der Waals surface area (Å²) in [6.45, 7) is 2.87. The molecule has 2 aromatic heterocycles. The number of hydrogen-bond donors (Lipinski definition) is 3. The van der Waals surface area contributed by atoms with Crippen LogP contribution in [0.1, 0.15) is 11.1 Å². The van der Waals surface area contributed by atoms with E-state index < -0.39 is 0 Å². The van der Waals surface area contributed by atoms with E-state index in [-0.39, 0.29) is 0 Å². The van der Waals surface area contributed by atoms with Crippen LogP contribution in [0.3, 0.4) is 0 Å². The van der Waals surface area contributed by atoms with Crippen LogP contribution in [0.5, 0.6) is 0 Å². The normalized spacial score (nSPS) is 10.8. The van der Waals surface area contributed by atoms with Gasteiger partial charge in [0, 0.05) is 35.5 Å². The van der Waals surface area contributed by atoms with E-state index in [9.17, 15) is 0 Å². The van der Waals surface area contributed by atoms with Gasteiger partial charge in [-0.05, 0) is 48.7 Å². The fourth-order valence-electron chi connectivity index (χ4n) is 3.03. The number of H-pyrrole nitrogens is 1. The second-order valence-corrected chi connectivity index (χ2v) is 6.30. The Bertz CT molecular complexity index is 1020. The lowest BCUT2D eigenvalue weighted by atomic mass is 10.1. The summed E-state index contributed by atoms with van der Waals surface area (Å²) in [4.78, 5) is 12.1. The quantitative estimate of drug-likeness (QED) is 0.476. The van der Waals surface area contributed by atoms with Crippen molar-refractivity contribution in [1.82, 2.24) is 15.0 Å². The first kappa shape index (κ1) is 16.1. The first-order chi connectivity index (χ1) is 12.8. The van der Waals surface area contributed by atoms with Crippen LogP contribution in [0, 0.1) is 6.92 Å². The number of aryl methyl sites for hydroxylation is 1. The highest BCUT2D eigenvalue weighted by Crippen LogP contribution is 2.19. The molecule has 0 atom stereocenters. The molecule has 4 rings (SSSR count). The summed E-state index contributed by atoms with van der Waals surface area (Å²) in [6.07, 6.45) is 4.77. The van der Waals surface area contributed by atoms with E-state index >= 15 is 0 Å². The molecule has 4 aromatic rings. The third-order valence-electron chi connectivity index (χ3n) is 4.31. The van der Waals surface area contributed by atoms with Crippen molar-refractivity contribution >= 4 is 28.4 Å². The molecule has 0 aliphatic rings. The minimum atomic E-state index is 0.590. The minimum Gasteiger partial charge on any atom is -0.370 e. The molecule has 130 valence electrons. The molecule has 0 radical (unpaired) electrons. The van der Waals surface area contributed by atoms with Gasteiger partial charge in [0.25, 0.3) is 0 Å². The number of para-hydroxylation sites is 1. The Hall–Kier alpha value is -3.34. The van der Waals surface area contributed by atoms with Gasteiger partial charge in [0.15, 0.2) is 0 Å². The maximum atomic E-state index is 4.54. The smallest absolute Gasteiger partial charge is 0.229 e. The Kier molecular flexibility index (Phi) is 4.51. The zero-order valence-corrected chi connectivity index (χ0v) is 14.7. The summed E-state index contributed by atoms with van der Waals surface area (Å²) >= 11 is 0. The average Bonchev–Trinajstić information content (AvgIpc) is 3.06. The summed E-state index contributed by atoms with van der Waals surface area (Å²) < 4.78 is 0. The van der Waals surface area contributed by atoms with Crippen LogP contribution in [0.4, 0.5) is 17.5 Å². The van der Waals surface area contributed by atoms with Crippen LogP contribution in [0.25, 0.3) is 10.9 Å². The van der Waals surface area contributed by atoms with Gasteiger partial charge in [0.05, 0.1) is 0 Å². The Morgan fingerprint density at radius 3 is 2.88 bits per heavy atom. The first-order valence-electron chi connectivity index (χ1n) is 8.73. The molecule has 0 aliphatic carbocycles. The van der Waals surface area contributed by atoms with Crippen molar-refractivity contribution < 1.29 is 0 Å².